The fourth-order valence-corrected chi connectivity index (χ4v) is 7.07. The Morgan fingerprint density at radius 3 is 2.33 bits per heavy atom. The van der Waals surface area contributed by atoms with Crippen LogP contribution in [0.25, 0.3) is 16.7 Å². The molecular formula is C32H28N2O9S2. The molecule has 11 nitrogen and oxygen atoms in total. The number of fused-ring (bicyclic) bond motifs is 4. The number of carbonyl (C=O) groups is 2. The van der Waals surface area contributed by atoms with Crippen molar-refractivity contribution in [3.63, 3.8) is 0 Å². The molecule has 0 amide bonds. The van der Waals surface area contributed by atoms with Crippen LogP contribution in [0.2, 0.25) is 0 Å². The van der Waals surface area contributed by atoms with E-state index in [1.165, 1.54) is 12.1 Å². The van der Waals surface area contributed by atoms with E-state index < -0.39 is 49.1 Å². The van der Waals surface area contributed by atoms with Crippen molar-refractivity contribution in [2.75, 3.05) is 11.1 Å². The molecule has 3 aromatic carbocycles. The van der Waals surface area contributed by atoms with Crippen molar-refractivity contribution in [3.05, 3.63) is 99.1 Å². The standard InChI is InChI=1S/C32H28N2O9S2/c1-31(2)13-16(15-45(40,41)42)19-9-21-26(11-24(19)33-31)43-27-12-25-20(23(30(37)44(38)39)14-32(3,4)34-25)10-22(27)28(21)17-7-5-6-8-18(17)29(35)36/h5-14,33H,15H2,1-4H3,(H,35,36)(H,38,39)(H,40,41,42). The third kappa shape index (κ3) is 5.63. The minimum Gasteiger partial charge on any atom is -0.478 e. The van der Waals surface area contributed by atoms with E-state index in [9.17, 15) is 36.4 Å². The van der Waals surface area contributed by atoms with Gasteiger partial charge in [0.15, 0.2) is 0 Å². The first-order chi connectivity index (χ1) is 20.9. The molecular weight excluding hydrogens is 620 g/mol. The number of carbonyl (C=O) groups excluding carboxylic acids is 1. The number of rotatable bonds is 5. The molecule has 0 spiro atoms. The number of benzene rings is 3. The van der Waals surface area contributed by atoms with Gasteiger partial charge in [-0.15, -0.1) is 0 Å². The second-order valence-corrected chi connectivity index (χ2v) is 14.5. The first-order valence-electron chi connectivity index (χ1n) is 13.7. The van der Waals surface area contributed by atoms with Crippen LogP contribution in [0, 0.1) is 0 Å². The average molecular weight is 649 g/mol. The van der Waals surface area contributed by atoms with Crippen molar-refractivity contribution in [1.82, 2.24) is 0 Å². The predicted octanol–water partition coefficient (Wildman–Crippen LogP) is 3.76. The Balaban J connectivity index is 1.74. The molecule has 0 fully saturated rings. The number of nitrogens with zero attached hydrogens (tertiary/aromatic N) is 1. The molecule has 3 aliphatic heterocycles. The highest BCUT2D eigenvalue weighted by Crippen LogP contribution is 2.45. The molecule has 13 heteroatoms. The van der Waals surface area contributed by atoms with E-state index in [-0.39, 0.29) is 16.7 Å². The van der Waals surface area contributed by atoms with Crippen molar-refractivity contribution < 1.29 is 41.2 Å². The van der Waals surface area contributed by atoms with Crippen LogP contribution in [0.1, 0.15) is 60.3 Å². The number of hydrogen-bond acceptors (Lipinski definition) is 8. The summed E-state index contributed by atoms with van der Waals surface area (Å²) in [5, 5.41) is 13.2. The lowest BCUT2D eigenvalue weighted by Crippen LogP contribution is -2.33. The highest BCUT2D eigenvalue weighted by atomic mass is 32.2. The van der Waals surface area contributed by atoms with E-state index in [1.807, 2.05) is 13.8 Å². The number of hydrogen-bond donors (Lipinski definition) is 4. The highest BCUT2D eigenvalue weighted by molar-refractivity contribution is 7.96. The van der Waals surface area contributed by atoms with Crippen molar-refractivity contribution in [3.8, 4) is 11.5 Å². The Kier molecular flexibility index (Phi) is 7.01. The van der Waals surface area contributed by atoms with Crippen LogP contribution in [0.15, 0.2) is 65.7 Å². The van der Waals surface area contributed by atoms with Gasteiger partial charge in [0.05, 0.1) is 22.0 Å². The van der Waals surface area contributed by atoms with Gasteiger partial charge in [0.2, 0.25) is 11.1 Å². The van der Waals surface area contributed by atoms with Gasteiger partial charge in [-0.05, 0) is 63.1 Å². The summed E-state index contributed by atoms with van der Waals surface area (Å²) in [7, 11) is -4.42. The molecule has 6 rings (SSSR count). The maximum absolute atomic E-state index is 12.9. The van der Waals surface area contributed by atoms with E-state index in [0.717, 1.165) is 0 Å². The van der Waals surface area contributed by atoms with E-state index >= 15 is 0 Å². The van der Waals surface area contributed by atoms with Gasteiger partial charge in [-0.3, -0.25) is 18.9 Å². The lowest BCUT2D eigenvalue weighted by molar-refractivity contribution is -0.107. The van der Waals surface area contributed by atoms with Gasteiger partial charge in [0, 0.05) is 50.9 Å². The van der Waals surface area contributed by atoms with E-state index in [4.69, 9.17) is 9.73 Å². The molecule has 0 saturated carbocycles. The van der Waals surface area contributed by atoms with E-state index in [0.29, 0.717) is 55.6 Å². The van der Waals surface area contributed by atoms with Crippen LogP contribution in [0.4, 0.5) is 5.69 Å². The van der Waals surface area contributed by atoms with E-state index in [2.05, 4.69) is 5.32 Å². The average Bonchev–Trinajstić information content (AvgIpc) is 2.91. The zero-order valence-corrected chi connectivity index (χ0v) is 26.2. The minimum absolute atomic E-state index is 0.0134. The van der Waals surface area contributed by atoms with E-state index in [1.54, 1.807) is 62.4 Å². The Hall–Kier alpha value is -4.43. The van der Waals surface area contributed by atoms with Crippen molar-refractivity contribution >= 4 is 54.7 Å². The summed E-state index contributed by atoms with van der Waals surface area (Å²) in [5.41, 5.74) is 1.16. The topological polar surface area (TPSA) is 180 Å². The first-order valence-corrected chi connectivity index (χ1v) is 16.5. The Morgan fingerprint density at radius 2 is 1.67 bits per heavy atom. The number of anilines is 1. The summed E-state index contributed by atoms with van der Waals surface area (Å²) in [6.07, 6.45) is 3.21. The number of carboxylic acids is 1. The molecule has 3 heterocycles. The zero-order chi connectivity index (χ0) is 32.6. The monoisotopic (exact) mass is 648 g/mol. The van der Waals surface area contributed by atoms with Gasteiger partial charge in [-0.25, -0.2) is 9.00 Å². The predicted molar refractivity (Wildman–Crippen MR) is 169 cm³/mol. The van der Waals surface area contributed by atoms with Crippen molar-refractivity contribution in [2.45, 2.75) is 38.8 Å². The van der Waals surface area contributed by atoms with Crippen LogP contribution in [-0.2, 0) is 26.0 Å². The smallest absolute Gasteiger partial charge is 0.336 e. The summed E-state index contributed by atoms with van der Waals surface area (Å²) in [4.78, 5) is 30.1. The van der Waals surface area contributed by atoms with Crippen LogP contribution in [0.3, 0.4) is 0 Å². The summed E-state index contributed by atoms with van der Waals surface area (Å²) < 4.78 is 61.8. The Morgan fingerprint density at radius 1 is 0.956 bits per heavy atom. The molecule has 0 aromatic heterocycles. The molecule has 0 radical (unpaired) electrons. The van der Waals surface area contributed by atoms with Gasteiger partial charge in [-0.2, -0.15) is 8.42 Å². The van der Waals surface area contributed by atoms with Gasteiger partial charge in [0.1, 0.15) is 17.3 Å². The third-order valence-electron chi connectivity index (χ3n) is 7.65. The van der Waals surface area contributed by atoms with Gasteiger partial charge >= 0.3 is 5.97 Å². The maximum atomic E-state index is 12.9. The summed E-state index contributed by atoms with van der Waals surface area (Å²) in [5.74, 6) is -1.20. The van der Waals surface area contributed by atoms with Crippen molar-refractivity contribution in [2.24, 2.45) is 4.99 Å². The molecule has 0 saturated heterocycles. The first kappa shape index (κ1) is 30.6. The molecule has 1 unspecified atom stereocenters. The molecule has 3 aromatic rings. The number of nitrogens with one attached hydrogen (secondary N) is 1. The third-order valence-corrected chi connectivity index (χ3v) is 8.87. The van der Waals surface area contributed by atoms with Gasteiger partial charge in [-0.1, -0.05) is 24.3 Å². The van der Waals surface area contributed by atoms with Crippen LogP contribution < -0.4 is 20.6 Å². The molecule has 1 atom stereocenters. The van der Waals surface area contributed by atoms with Crippen molar-refractivity contribution in [1.29, 1.82) is 0 Å². The van der Waals surface area contributed by atoms with Gasteiger partial charge < -0.3 is 15.2 Å². The largest absolute Gasteiger partial charge is 0.478 e. The second kappa shape index (κ2) is 10.3. The molecule has 0 aliphatic carbocycles. The molecule has 3 aliphatic rings. The molecule has 4 N–H and O–H groups in total. The maximum Gasteiger partial charge on any atom is 0.336 e. The fourth-order valence-electron chi connectivity index (χ4n) is 6.08. The lowest BCUT2D eigenvalue weighted by Gasteiger charge is -2.34. The number of ether oxygens (including phenoxy) is 1. The number of carboxylic acid groups (broad SMARTS) is 1. The Bertz CT molecular complexity index is 2200. The van der Waals surface area contributed by atoms with Gasteiger partial charge in [0.25, 0.3) is 15.2 Å². The zero-order valence-electron chi connectivity index (χ0n) is 24.5. The second-order valence-electron chi connectivity index (χ2n) is 12.2. The summed E-state index contributed by atoms with van der Waals surface area (Å²) in [6, 6.07) is 12.9. The number of aromatic carboxylic acids is 1. The van der Waals surface area contributed by atoms with Crippen LogP contribution in [0.5, 0.6) is 11.5 Å². The fraction of sp³-hybridized carbons (Fsp3) is 0.219. The minimum atomic E-state index is -4.42. The lowest BCUT2D eigenvalue weighted by atomic mass is 9.84. The molecule has 0 bridgehead atoms. The Labute approximate surface area is 260 Å². The molecule has 232 valence electrons. The normalized spacial score (nSPS) is 17.9. The van der Waals surface area contributed by atoms with Crippen LogP contribution in [-0.4, -0.2) is 54.8 Å². The highest BCUT2D eigenvalue weighted by Gasteiger charge is 2.33. The summed E-state index contributed by atoms with van der Waals surface area (Å²) >= 11 is -2.81. The quantitative estimate of drug-likeness (QED) is 0.184. The van der Waals surface area contributed by atoms with Crippen LogP contribution >= 0.6 is 0 Å². The SMILES string of the molecule is CC1(C)C=C(C(=O)S(=O)O)c2cc3c(cc2=N1)Oc1cc2c(cc1C=3c1ccccc1C(=O)O)C(CS(=O)(=O)O)=CC(C)(C)N2. The molecule has 45 heavy (non-hydrogen) atoms. The summed E-state index contributed by atoms with van der Waals surface area (Å²) in [6.45, 7) is 7.18.